The fraction of sp³-hybridized carbons (Fsp3) is 0.407. The van der Waals surface area contributed by atoms with Crippen molar-refractivity contribution < 1.29 is 23.8 Å². The molecule has 1 amide bonds. The van der Waals surface area contributed by atoms with Gasteiger partial charge in [-0.25, -0.2) is 4.39 Å². The number of carbonyl (C=O) groups excluding carboxylic acids is 1. The molecule has 1 aliphatic heterocycles. The van der Waals surface area contributed by atoms with E-state index in [-0.39, 0.29) is 18.3 Å². The quantitative estimate of drug-likeness (QED) is 0.472. The molecule has 2 heterocycles. The summed E-state index contributed by atoms with van der Waals surface area (Å²) in [5.41, 5.74) is 5.57. The van der Waals surface area contributed by atoms with Crippen molar-refractivity contribution in [2.45, 2.75) is 26.9 Å². The number of rotatable bonds is 9. The summed E-state index contributed by atoms with van der Waals surface area (Å²) in [6, 6.07) is 10.2. The average Bonchev–Trinajstić information content (AvgIpc) is 3.11. The first kappa shape index (κ1) is 25.7. The summed E-state index contributed by atoms with van der Waals surface area (Å²) < 4.78 is 20.9. The van der Waals surface area contributed by atoms with Gasteiger partial charge in [-0.1, -0.05) is 12.1 Å². The molecule has 36 heavy (non-hydrogen) atoms. The van der Waals surface area contributed by atoms with Crippen molar-refractivity contribution in [3.63, 3.8) is 0 Å². The van der Waals surface area contributed by atoms with Gasteiger partial charge < -0.3 is 24.6 Å². The van der Waals surface area contributed by atoms with Crippen molar-refractivity contribution in [3.05, 3.63) is 64.6 Å². The topological polar surface area (TPSA) is 87.0 Å². The Kier molecular flexibility index (Phi) is 7.91. The molecule has 192 valence electrons. The predicted molar refractivity (Wildman–Crippen MR) is 137 cm³/mol. The molecule has 8 nitrogen and oxygen atoms in total. The number of nitrogens with one attached hydrogen (secondary N) is 1. The molecule has 0 radical (unpaired) electrons. The molecule has 0 bridgehead atoms. The molecule has 1 aliphatic rings. The maximum atomic E-state index is 13.5. The first-order chi connectivity index (χ1) is 17.3. The van der Waals surface area contributed by atoms with E-state index in [2.05, 4.69) is 23.7 Å². The first-order valence-electron chi connectivity index (χ1n) is 12.1. The number of halogens is 1. The van der Waals surface area contributed by atoms with Gasteiger partial charge >= 0.3 is 5.97 Å². The molecule has 1 saturated heterocycles. The highest BCUT2D eigenvalue weighted by molar-refractivity contribution is 6.04. The molecule has 1 aromatic heterocycles. The highest BCUT2D eigenvalue weighted by atomic mass is 19.1. The minimum absolute atomic E-state index is 0.0150. The van der Waals surface area contributed by atoms with Crippen LogP contribution >= 0.6 is 0 Å². The Labute approximate surface area is 210 Å². The van der Waals surface area contributed by atoms with E-state index in [0.29, 0.717) is 51.4 Å². The average molecular weight is 497 g/mol. The van der Waals surface area contributed by atoms with Crippen molar-refractivity contribution in [2.75, 3.05) is 51.8 Å². The zero-order valence-electron chi connectivity index (χ0n) is 21.0. The molecule has 0 saturated carbocycles. The second-order valence-corrected chi connectivity index (χ2v) is 9.22. The zero-order valence-corrected chi connectivity index (χ0v) is 21.0. The van der Waals surface area contributed by atoms with Crippen LogP contribution in [0, 0.1) is 19.7 Å². The molecular formula is C27H33FN4O4. The number of aromatic nitrogens is 1. The van der Waals surface area contributed by atoms with E-state index in [1.165, 1.54) is 12.1 Å². The van der Waals surface area contributed by atoms with E-state index in [9.17, 15) is 14.0 Å². The van der Waals surface area contributed by atoms with E-state index in [4.69, 9.17) is 9.84 Å². The number of piperazine rings is 1. The number of fused-ring (bicyclic) bond motifs is 1. The highest BCUT2D eigenvalue weighted by Gasteiger charge is 2.25. The van der Waals surface area contributed by atoms with Crippen LogP contribution in [0.4, 0.5) is 10.1 Å². The molecule has 2 aromatic carbocycles. The number of hydrogen-bond acceptors (Lipinski definition) is 5. The van der Waals surface area contributed by atoms with Gasteiger partial charge in [0.1, 0.15) is 5.82 Å². The Morgan fingerprint density at radius 2 is 1.78 bits per heavy atom. The summed E-state index contributed by atoms with van der Waals surface area (Å²) in [6.45, 7) is 7.85. The molecule has 0 unspecified atom stereocenters. The van der Waals surface area contributed by atoms with Crippen LogP contribution in [0.5, 0.6) is 0 Å². The number of benzene rings is 2. The largest absolute Gasteiger partial charge is 0.480 e. The summed E-state index contributed by atoms with van der Waals surface area (Å²) in [6.07, 6.45) is 0. The lowest BCUT2D eigenvalue weighted by Gasteiger charge is -2.34. The highest BCUT2D eigenvalue weighted by Crippen LogP contribution is 2.33. The van der Waals surface area contributed by atoms with Crippen LogP contribution in [0.1, 0.15) is 27.2 Å². The van der Waals surface area contributed by atoms with Gasteiger partial charge in [-0.2, -0.15) is 0 Å². The molecular weight excluding hydrogens is 463 g/mol. The molecule has 3 aromatic rings. The third kappa shape index (κ3) is 5.52. The monoisotopic (exact) mass is 496 g/mol. The number of aryl methyl sites for hydroxylation is 1. The number of carbonyl (C=O) groups is 2. The van der Waals surface area contributed by atoms with Crippen LogP contribution < -0.4 is 5.32 Å². The molecule has 1 fully saturated rings. The fourth-order valence-corrected chi connectivity index (χ4v) is 4.78. The SMILES string of the molecule is COCCn1c(C)c(C)c2cc(C(=O)N3CCN(CC(=O)O)CC3)cc(NCc3ccc(F)cc3)c21. The number of aliphatic carboxylic acids is 1. The van der Waals surface area contributed by atoms with Crippen LogP contribution in [0.15, 0.2) is 36.4 Å². The van der Waals surface area contributed by atoms with E-state index < -0.39 is 5.97 Å². The van der Waals surface area contributed by atoms with Gasteiger partial charge in [-0.15, -0.1) is 0 Å². The summed E-state index contributed by atoms with van der Waals surface area (Å²) in [4.78, 5) is 28.1. The van der Waals surface area contributed by atoms with Crippen LogP contribution in [0.2, 0.25) is 0 Å². The van der Waals surface area contributed by atoms with Gasteiger partial charge in [-0.05, 0) is 49.2 Å². The van der Waals surface area contributed by atoms with E-state index in [1.54, 1.807) is 24.1 Å². The molecule has 0 atom stereocenters. The Balaban J connectivity index is 1.67. The number of hydrogen-bond donors (Lipinski definition) is 2. The van der Waals surface area contributed by atoms with Crippen LogP contribution in [0.3, 0.4) is 0 Å². The third-order valence-electron chi connectivity index (χ3n) is 6.91. The molecule has 9 heteroatoms. The Bertz CT molecular complexity index is 1250. The number of methoxy groups -OCH3 is 1. The van der Waals surface area contributed by atoms with Gasteiger partial charge in [0.25, 0.3) is 5.91 Å². The van der Waals surface area contributed by atoms with E-state index in [0.717, 1.165) is 33.4 Å². The molecule has 4 rings (SSSR count). The van der Waals surface area contributed by atoms with Crippen molar-refractivity contribution >= 4 is 28.5 Å². The Morgan fingerprint density at radius 1 is 1.08 bits per heavy atom. The van der Waals surface area contributed by atoms with Crippen LogP contribution in [0.25, 0.3) is 10.9 Å². The molecule has 0 spiro atoms. The van der Waals surface area contributed by atoms with Gasteiger partial charge in [0, 0.05) is 63.0 Å². The van der Waals surface area contributed by atoms with Crippen molar-refractivity contribution in [1.82, 2.24) is 14.4 Å². The normalized spacial score (nSPS) is 14.4. The lowest BCUT2D eigenvalue weighted by Crippen LogP contribution is -2.49. The number of amides is 1. The van der Waals surface area contributed by atoms with Gasteiger partial charge in [-0.3, -0.25) is 14.5 Å². The smallest absolute Gasteiger partial charge is 0.317 e. The fourth-order valence-electron chi connectivity index (χ4n) is 4.78. The lowest BCUT2D eigenvalue weighted by atomic mass is 10.1. The van der Waals surface area contributed by atoms with Crippen molar-refractivity contribution in [3.8, 4) is 0 Å². The Hall–Kier alpha value is -3.43. The maximum Gasteiger partial charge on any atom is 0.317 e. The maximum absolute atomic E-state index is 13.5. The number of ether oxygens (including phenoxy) is 1. The summed E-state index contributed by atoms with van der Waals surface area (Å²) in [5, 5.41) is 13.5. The van der Waals surface area contributed by atoms with Crippen LogP contribution in [-0.4, -0.2) is 77.8 Å². The number of carboxylic acids is 1. The second kappa shape index (κ2) is 11.1. The van der Waals surface area contributed by atoms with E-state index >= 15 is 0 Å². The standard InChI is InChI=1S/C27H33FN4O4/c1-18-19(2)32(12-13-36-3)26-23(18)14-21(15-24(26)29-16-20-4-6-22(28)7-5-20)27(35)31-10-8-30(9-11-31)17-25(33)34/h4-7,14-15,29H,8-13,16-17H2,1-3H3,(H,33,34). The Morgan fingerprint density at radius 3 is 2.42 bits per heavy atom. The summed E-state index contributed by atoms with van der Waals surface area (Å²) in [5.74, 6) is -1.21. The van der Waals surface area contributed by atoms with Crippen molar-refractivity contribution in [2.24, 2.45) is 0 Å². The zero-order chi connectivity index (χ0) is 25.8. The number of anilines is 1. The number of carboxylic acid groups (broad SMARTS) is 1. The number of nitrogens with zero attached hydrogens (tertiary/aromatic N) is 3. The summed E-state index contributed by atoms with van der Waals surface area (Å²) >= 11 is 0. The minimum Gasteiger partial charge on any atom is -0.480 e. The summed E-state index contributed by atoms with van der Waals surface area (Å²) in [7, 11) is 1.68. The third-order valence-corrected chi connectivity index (χ3v) is 6.91. The molecule has 0 aliphatic carbocycles. The minimum atomic E-state index is -0.860. The van der Waals surface area contributed by atoms with Gasteiger partial charge in [0.2, 0.25) is 0 Å². The first-order valence-corrected chi connectivity index (χ1v) is 12.1. The lowest BCUT2D eigenvalue weighted by molar-refractivity contribution is -0.138. The van der Waals surface area contributed by atoms with Gasteiger partial charge in [0.15, 0.2) is 0 Å². The van der Waals surface area contributed by atoms with Crippen molar-refractivity contribution in [1.29, 1.82) is 0 Å². The van der Waals surface area contributed by atoms with Gasteiger partial charge in [0.05, 0.1) is 24.4 Å². The predicted octanol–water partition coefficient (Wildman–Crippen LogP) is 3.50. The van der Waals surface area contributed by atoms with E-state index in [1.807, 2.05) is 17.0 Å². The van der Waals surface area contributed by atoms with Crippen LogP contribution in [-0.2, 0) is 22.6 Å². The molecule has 2 N–H and O–H groups in total. The second-order valence-electron chi connectivity index (χ2n) is 9.22.